The molecule has 15 heteroatoms. The lowest BCUT2D eigenvalue weighted by Crippen LogP contribution is -2.55. The number of carbonyl (C=O) groups excluding carboxylic acids is 1. The van der Waals surface area contributed by atoms with Gasteiger partial charge in [0.25, 0.3) is 5.60 Å². The Morgan fingerprint density at radius 1 is 0.812 bits per heavy atom. The van der Waals surface area contributed by atoms with Crippen molar-refractivity contribution in [3.63, 3.8) is 0 Å². The third kappa shape index (κ3) is 8.42. The van der Waals surface area contributed by atoms with Gasteiger partial charge in [-0.1, -0.05) is 36.4 Å². The van der Waals surface area contributed by atoms with Crippen LogP contribution in [-0.4, -0.2) is 50.7 Å². The number of pyridine rings is 1. The highest BCUT2D eigenvalue weighted by Gasteiger charge is 2.73. The maximum Gasteiger partial charge on any atom is 0.430 e. The highest BCUT2D eigenvalue weighted by Crippen LogP contribution is 2.53. The number of hydrogen-bond donors (Lipinski definition) is 0. The van der Waals surface area contributed by atoms with Crippen LogP contribution in [0.25, 0.3) is 0 Å². The molecule has 2 atom stereocenters. The van der Waals surface area contributed by atoms with Gasteiger partial charge in [0.2, 0.25) is 5.91 Å². The number of ether oxygens (including phenoxy) is 1. The van der Waals surface area contributed by atoms with E-state index in [4.69, 9.17) is 0 Å². The smallest absolute Gasteiger partial charge is 0.349 e. The van der Waals surface area contributed by atoms with Crippen molar-refractivity contribution in [1.82, 2.24) is 9.88 Å². The summed E-state index contributed by atoms with van der Waals surface area (Å²) in [6, 6.07) is 16.0. The first-order valence-corrected chi connectivity index (χ1v) is 15.4. The Hall–Kier alpha value is -4.24. The van der Waals surface area contributed by atoms with Gasteiger partial charge in [-0.3, -0.25) is 14.0 Å². The molecule has 1 amide bonds. The fourth-order valence-electron chi connectivity index (χ4n) is 4.94. The SMILES string of the molecule is Fc1cccc(F)c1COC(c1ccccc1)(C(F)(F)F)C(F)(F)F.O=C(Cc1ccncc1)N1CCC(S(=O)c2ccc(F)cc2)C1. The van der Waals surface area contributed by atoms with E-state index in [1.165, 1.54) is 18.2 Å². The third-order valence-corrected chi connectivity index (χ3v) is 9.15. The number of halogens is 9. The summed E-state index contributed by atoms with van der Waals surface area (Å²) in [6.07, 6.45) is -7.48. The molecule has 1 aromatic heterocycles. The molecule has 1 aliphatic heterocycles. The number of rotatable bonds is 8. The van der Waals surface area contributed by atoms with Gasteiger partial charge in [0.1, 0.15) is 17.5 Å². The average molecular weight is 703 g/mol. The summed E-state index contributed by atoms with van der Waals surface area (Å²) >= 11 is 0. The van der Waals surface area contributed by atoms with Crippen LogP contribution in [0.3, 0.4) is 0 Å². The number of amides is 1. The van der Waals surface area contributed by atoms with E-state index < -0.39 is 58.1 Å². The second kappa shape index (κ2) is 15.3. The number of aromatic nitrogens is 1. The third-order valence-electron chi connectivity index (χ3n) is 7.42. The van der Waals surface area contributed by atoms with Crippen LogP contribution in [0.2, 0.25) is 0 Å². The molecule has 4 aromatic rings. The fraction of sp³-hybridized carbons (Fsp3) is 0.273. The zero-order chi connectivity index (χ0) is 35.1. The maximum atomic E-state index is 13.5. The molecule has 0 spiro atoms. The highest BCUT2D eigenvalue weighted by atomic mass is 32.2. The van der Waals surface area contributed by atoms with Crippen molar-refractivity contribution in [3.8, 4) is 0 Å². The van der Waals surface area contributed by atoms with Crippen molar-refractivity contribution in [2.45, 2.75) is 47.5 Å². The van der Waals surface area contributed by atoms with E-state index in [0.29, 0.717) is 55.1 Å². The van der Waals surface area contributed by atoms with E-state index in [0.717, 1.165) is 23.8 Å². The minimum atomic E-state index is -5.92. The van der Waals surface area contributed by atoms with Gasteiger partial charge in [0.05, 0.1) is 29.1 Å². The van der Waals surface area contributed by atoms with Gasteiger partial charge < -0.3 is 9.64 Å². The number of alkyl halides is 6. The monoisotopic (exact) mass is 702 g/mol. The quantitative estimate of drug-likeness (QED) is 0.177. The lowest BCUT2D eigenvalue weighted by Gasteiger charge is -2.37. The minimum absolute atomic E-state index is 0.0369. The minimum Gasteiger partial charge on any atom is -0.349 e. The molecule has 2 heterocycles. The Bertz CT molecular complexity index is 1650. The molecule has 1 saturated heterocycles. The van der Waals surface area contributed by atoms with Crippen LogP contribution in [-0.2, 0) is 39.0 Å². The molecule has 1 aliphatic rings. The lowest BCUT2D eigenvalue weighted by atomic mass is 9.91. The van der Waals surface area contributed by atoms with Gasteiger partial charge in [-0.15, -0.1) is 0 Å². The topological polar surface area (TPSA) is 59.5 Å². The normalized spacial score (nSPS) is 15.9. The number of carbonyl (C=O) groups is 1. The molecular weight excluding hydrogens is 675 g/mol. The summed E-state index contributed by atoms with van der Waals surface area (Å²) in [5, 5.41) is -0.0955. The van der Waals surface area contributed by atoms with E-state index in [-0.39, 0.29) is 17.0 Å². The van der Waals surface area contributed by atoms with E-state index in [2.05, 4.69) is 9.72 Å². The van der Waals surface area contributed by atoms with E-state index in [1.807, 2.05) is 12.1 Å². The van der Waals surface area contributed by atoms with Crippen LogP contribution in [0.4, 0.5) is 39.5 Å². The molecule has 2 unspecified atom stereocenters. The molecule has 0 aliphatic carbocycles. The van der Waals surface area contributed by atoms with Gasteiger partial charge in [-0.2, -0.15) is 26.3 Å². The van der Waals surface area contributed by atoms with Crippen molar-refractivity contribution in [2.24, 2.45) is 0 Å². The molecule has 0 N–H and O–H groups in total. The number of nitrogens with zero attached hydrogens (tertiary/aromatic N) is 2. The van der Waals surface area contributed by atoms with E-state index >= 15 is 0 Å². The first-order valence-electron chi connectivity index (χ1n) is 14.2. The van der Waals surface area contributed by atoms with Gasteiger partial charge in [0, 0.05) is 41.5 Å². The van der Waals surface area contributed by atoms with Crippen LogP contribution >= 0.6 is 0 Å². The van der Waals surface area contributed by atoms with Crippen LogP contribution in [0.1, 0.15) is 23.1 Å². The van der Waals surface area contributed by atoms with Crippen molar-refractivity contribution >= 4 is 16.7 Å². The summed E-state index contributed by atoms with van der Waals surface area (Å²) in [7, 11) is -1.22. The Balaban J connectivity index is 0.000000217. The first-order chi connectivity index (χ1) is 22.6. The molecule has 3 aromatic carbocycles. The van der Waals surface area contributed by atoms with Crippen LogP contribution in [0, 0.1) is 17.5 Å². The van der Waals surface area contributed by atoms with Crippen molar-refractivity contribution in [1.29, 1.82) is 0 Å². The molecule has 0 bridgehead atoms. The van der Waals surface area contributed by atoms with Crippen LogP contribution < -0.4 is 0 Å². The van der Waals surface area contributed by atoms with Crippen molar-refractivity contribution in [2.75, 3.05) is 13.1 Å². The lowest BCUT2D eigenvalue weighted by molar-refractivity contribution is -0.392. The number of benzene rings is 3. The van der Waals surface area contributed by atoms with Gasteiger partial charge in [-0.05, 0) is 60.5 Å². The molecule has 5 nitrogen and oxygen atoms in total. The van der Waals surface area contributed by atoms with Gasteiger partial charge in [-0.25, -0.2) is 13.2 Å². The Labute approximate surface area is 271 Å². The molecule has 1 fully saturated rings. The van der Waals surface area contributed by atoms with Crippen molar-refractivity contribution in [3.05, 3.63) is 131 Å². The predicted molar refractivity (Wildman–Crippen MR) is 157 cm³/mol. The molecule has 48 heavy (non-hydrogen) atoms. The Morgan fingerprint density at radius 3 is 1.96 bits per heavy atom. The number of hydrogen-bond acceptors (Lipinski definition) is 4. The van der Waals surface area contributed by atoms with E-state index in [1.54, 1.807) is 29.4 Å². The second-order valence-electron chi connectivity index (χ2n) is 10.6. The summed E-state index contributed by atoms with van der Waals surface area (Å²) < 4.78 is 137. The zero-order valence-electron chi connectivity index (χ0n) is 24.8. The summed E-state index contributed by atoms with van der Waals surface area (Å²) in [4.78, 5) is 18.6. The van der Waals surface area contributed by atoms with E-state index in [9.17, 15) is 48.5 Å². The van der Waals surface area contributed by atoms with Crippen molar-refractivity contribution < 1.29 is 53.3 Å². The molecule has 256 valence electrons. The summed E-state index contributed by atoms with van der Waals surface area (Å²) in [5.74, 6) is -2.93. The van der Waals surface area contributed by atoms with Gasteiger partial charge in [0.15, 0.2) is 0 Å². The number of likely N-dealkylation sites (tertiary alicyclic amines) is 1. The Kier molecular flexibility index (Phi) is 11.7. The zero-order valence-corrected chi connectivity index (χ0v) is 25.6. The first kappa shape index (κ1) is 36.6. The Morgan fingerprint density at radius 2 is 1.40 bits per heavy atom. The average Bonchev–Trinajstić information content (AvgIpc) is 3.53. The van der Waals surface area contributed by atoms with Gasteiger partial charge >= 0.3 is 12.4 Å². The predicted octanol–water partition coefficient (Wildman–Crippen LogP) is 7.67. The second-order valence-corrected chi connectivity index (χ2v) is 12.3. The summed E-state index contributed by atoms with van der Waals surface area (Å²) in [6.45, 7) is -0.470. The molecule has 5 rings (SSSR count). The summed E-state index contributed by atoms with van der Waals surface area (Å²) in [5.41, 5.74) is -6.08. The maximum absolute atomic E-state index is 13.5. The molecule has 0 radical (unpaired) electrons. The standard InChI is InChI=1S/C17H17FN2O2S.C16H10F8O/c18-14-1-3-15(4-2-14)23(22)16-7-10-20(12-16)17(21)11-13-5-8-19-9-6-13;17-12-7-4-8-13(18)11(12)9-25-14(15(19,20)21,16(22,23)24)10-5-2-1-3-6-10/h1-6,8-9,16H,7,10-12H2;1-8H,9H2. The molecular formula is C33H27F9N2O3S. The van der Waals surface area contributed by atoms with Crippen LogP contribution in [0.5, 0.6) is 0 Å². The molecule has 0 saturated carbocycles. The highest BCUT2D eigenvalue weighted by molar-refractivity contribution is 7.85. The largest absolute Gasteiger partial charge is 0.430 e. The fourth-order valence-corrected chi connectivity index (χ4v) is 6.36. The van der Waals surface area contributed by atoms with Crippen LogP contribution in [0.15, 0.2) is 102 Å².